The number of hydrogen-bond acceptors (Lipinski definition) is 0. The van der Waals surface area contributed by atoms with Crippen molar-refractivity contribution in [2.24, 2.45) is 5.92 Å². The van der Waals surface area contributed by atoms with Gasteiger partial charge in [0.05, 0.1) is 6.42 Å². The van der Waals surface area contributed by atoms with Crippen LogP contribution in [0.4, 0.5) is 13.2 Å². The fourth-order valence-corrected chi connectivity index (χ4v) is 1.59. The van der Waals surface area contributed by atoms with Gasteiger partial charge in [0.15, 0.2) is 0 Å². The SMILES string of the molecule is CC/C(C)=C(/C=C\C=C/CC(F)(F)F)C(C)CC. The van der Waals surface area contributed by atoms with Gasteiger partial charge >= 0.3 is 6.18 Å². The molecular formula is C15H23F3. The van der Waals surface area contributed by atoms with Crippen LogP contribution in [0.25, 0.3) is 0 Å². The summed E-state index contributed by atoms with van der Waals surface area (Å²) in [6.07, 6.45) is 3.27. The van der Waals surface area contributed by atoms with Crippen molar-refractivity contribution in [3.63, 3.8) is 0 Å². The summed E-state index contributed by atoms with van der Waals surface area (Å²) in [4.78, 5) is 0. The number of halogens is 3. The molecule has 0 aromatic carbocycles. The fraction of sp³-hybridized carbons (Fsp3) is 0.600. The summed E-state index contributed by atoms with van der Waals surface area (Å²) in [6.45, 7) is 8.41. The van der Waals surface area contributed by atoms with E-state index in [4.69, 9.17) is 0 Å². The molecule has 0 fully saturated rings. The highest BCUT2D eigenvalue weighted by Crippen LogP contribution is 2.22. The molecule has 3 heteroatoms. The van der Waals surface area contributed by atoms with Gasteiger partial charge in [-0.25, -0.2) is 0 Å². The molecular weight excluding hydrogens is 237 g/mol. The van der Waals surface area contributed by atoms with Crippen LogP contribution in [-0.2, 0) is 0 Å². The highest BCUT2D eigenvalue weighted by molar-refractivity contribution is 5.28. The number of rotatable bonds is 6. The third-order valence-electron chi connectivity index (χ3n) is 3.04. The molecule has 1 atom stereocenters. The number of alkyl halides is 3. The Hall–Kier alpha value is -0.990. The zero-order valence-electron chi connectivity index (χ0n) is 11.6. The second kappa shape index (κ2) is 8.17. The zero-order valence-corrected chi connectivity index (χ0v) is 11.6. The first-order valence-electron chi connectivity index (χ1n) is 6.41. The lowest BCUT2D eigenvalue weighted by molar-refractivity contribution is -0.125. The van der Waals surface area contributed by atoms with Crippen LogP contribution < -0.4 is 0 Å². The molecule has 0 nitrogen and oxygen atoms in total. The van der Waals surface area contributed by atoms with Gasteiger partial charge in [0.2, 0.25) is 0 Å². The van der Waals surface area contributed by atoms with Crippen LogP contribution in [0.15, 0.2) is 35.5 Å². The maximum Gasteiger partial charge on any atom is 0.392 e. The quantitative estimate of drug-likeness (QED) is 0.527. The van der Waals surface area contributed by atoms with E-state index in [9.17, 15) is 13.2 Å². The van der Waals surface area contributed by atoms with Gasteiger partial charge in [-0.2, -0.15) is 13.2 Å². The van der Waals surface area contributed by atoms with Crippen molar-refractivity contribution >= 4 is 0 Å². The highest BCUT2D eigenvalue weighted by Gasteiger charge is 2.24. The van der Waals surface area contributed by atoms with Crippen LogP contribution in [0.5, 0.6) is 0 Å². The summed E-state index contributed by atoms with van der Waals surface area (Å²) >= 11 is 0. The van der Waals surface area contributed by atoms with Crippen LogP contribution in [0.3, 0.4) is 0 Å². The Kier molecular flexibility index (Phi) is 7.72. The van der Waals surface area contributed by atoms with Crippen molar-refractivity contribution in [2.75, 3.05) is 0 Å². The second-order valence-electron chi connectivity index (χ2n) is 4.51. The molecule has 0 aromatic rings. The van der Waals surface area contributed by atoms with Gasteiger partial charge in [-0.05, 0) is 31.3 Å². The standard InChI is InChI=1S/C15H23F3/c1-5-12(3)14(13(4)6-2)10-8-7-9-11-15(16,17)18/h7-10,12H,5-6,11H2,1-4H3/b9-7-,10-8-,14-13-. The van der Waals surface area contributed by atoms with E-state index in [-0.39, 0.29) is 0 Å². The summed E-state index contributed by atoms with van der Waals surface area (Å²) in [5.41, 5.74) is 2.53. The van der Waals surface area contributed by atoms with Crippen LogP contribution in [0.1, 0.15) is 47.0 Å². The van der Waals surface area contributed by atoms with Crippen LogP contribution >= 0.6 is 0 Å². The molecule has 18 heavy (non-hydrogen) atoms. The Morgan fingerprint density at radius 2 is 1.78 bits per heavy atom. The van der Waals surface area contributed by atoms with Gasteiger partial charge in [0, 0.05) is 0 Å². The maximum atomic E-state index is 11.9. The molecule has 0 spiro atoms. The van der Waals surface area contributed by atoms with E-state index in [1.165, 1.54) is 17.2 Å². The molecule has 0 aromatic heterocycles. The normalized spacial score (nSPS) is 16.4. The van der Waals surface area contributed by atoms with Crippen molar-refractivity contribution in [1.29, 1.82) is 0 Å². The van der Waals surface area contributed by atoms with E-state index in [0.29, 0.717) is 5.92 Å². The minimum atomic E-state index is -4.11. The summed E-state index contributed by atoms with van der Waals surface area (Å²) in [5.74, 6) is 0.442. The third-order valence-corrected chi connectivity index (χ3v) is 3.04. The van der Waals surface area contributed by atoms with Gasteiger partial charge in [-0.3, -0.25) is 0 Å². The molecule has 104 valence electrons. The number of allylic oxidation sites excluding steroid dienone is 6. The summed E-state index contributed by atoms with van der Waals surface area (Å²) < 4.78 is 35.8. The van der Waals surface area contributed by atoms with Crippen LogP contribution in [0, 0.1) is 5.92 Å². The topological polar surface area (TPSA) is 0 Å². The van der Waals surface area contributed by atoms with Gasteiger partial charge in [-0.1, -0.05) is 50.6 Å². The van der Waals surface area contributed by atoms with Crippen molar-refractivity contribution in [2.45, 2.75) is 53.1 Å². The minimum Gasteiger partial charge on any atom is -0.171 e. The van der Waals surface area contributed by atoms with Gasteiger partial charge in [-0.15, -0.1) is 0 Å². The third kappa shape index (κ3) is 7.36. The summed E-state index contributed by atoms with van der Waals surface area (Å²) in [5, 5.41) is 0. The molecule has 1 unspecified atom stereocenters. The molecule has 0 saturated heterocycles. The zero-order chi connectivity index (χ0) is 14.2. The van der Waals surface area contributed by atoms with Crippen molar-refractivity contribution < 1.29 is 13.2 Å². The van der Waals surface area contributed by atoms with Gasteiger partial charge < -0.3 is 0 Å². The Morgan fingerprint density at radius 1 is 1.17 bits per heavy atom. The lowest BCUT2D eigenvalue weighted by atomic mass is 9.92. The van der Waals surface area contributed by atoms with Crippen molar-refractivity contribution in [1.82, 2.24) is 0 Å². The Morgan fingerprint density at radius 3 is 2.22 bits per heavy atom. The van der Waals surface area contributed by atoms with Crippen LogP contribution in [0.2, 0.25) is 0 Å². The van der Waals surface area contributed by atoms with Crippen molar-refractivity contribution in [3.05, 3.63) is 35.5 Å². The van der Waals surface area contributed by atoms with Gasteiger partial charge in [0.25, 0.3) is 0 Å². The first kappa shape index (κ1) is 17.0. The molecule has 0 aliphatic rings. The Balaban J connectivity index is 4.62. The minimum absolute atomic E-state index is 0.442. The van der Waals surface area contributed by atoms with E-state index < -0.39 is 12.6 Å². The van der Waals surface area contributed by atoms with E-state index in [1.807, 2.05) is 6.08 Å². The molecule has 0 radical (unpaired) electrons. The Labute approximate surface area is 108 Å². The lowest BCUT2D eigenvalue weighted by Crippen LogP contribution is -2.03. The molecule has 0 bridgehead atoms. The predicted molar refractivity (Wildman–Crippen MR) is 71.4 cm³/mol. The van der Waals surface area contributed by atoms with E-state index in [0.717, 1.165) is 18.9 Å². The smallest absolute Gasteiger partial charge is 0.171 e. The molecule has 0 amide bonds. The Bertz CT molecular complexity index is 319. The molecule has 0 heterocycles. The molecule has 0 saturated carbocycles. The van der Waals surface area contributed by atoms with E-state index >= 15 is 0 Å². The second-order valence-corrected chi connectivity index (χ2v) is 4.51. The maximum absolute atomic E-state index is 11.9. The number of hydrogen-bond donors (Lipinski definition) is 0. The summed E-state index contributed by atoms with van der Waals surface area (Å²) in [6, 6.07) is 0. The van der Waals surface area contributed by atoms with Crippen molar-refractivity contribution in [3.8, 4) is 0 Å². The lowest BCUT2D eigenvalue weighted by Gasteiger charge is -2.13. The van der Waals surface area contributed by atoms with E-state index in [2.05, 4.69) is 27.7 Å². The first-order valence-corrected chi connectivity index (χ1v) is 6.41. The predicted octanol–water partition coefficient (Wildman–Crippen LogP) is 5.82. The molecule has 0 aliphatic heterocycles. The molecule has 0 rings (SSSR count). The summed E-state index contributed by atoms with van der Waals surface area (Å²) in [7, 11) is 0. The monoisotopic (exact) mass is 260 g/mol. The fourth-order valence-electron chi connectivity index (χ4n) is 1.59. The van der Waals surface area contributed by atoms with Gasteiger partial charge in [0.1, 0.15) is 0 Å². The average Bonchev–Trinajstić information content (AvgIpc) is 2.30. The van der Waals surface area contributed by atoms with E-state index in [1.54, 1.807) is 6.08 Å². The molecule has 0 aliphatic carbocycles. The highest BCUT2D eigenvalue weighted by atomic mass is 19.4. The average molecular weight is 260 g/mol. The van der Waals surface area contributed by atoms with Crippen LogP contribution in [-0.4, -0.2) is 6.18 Å². The largest absolute Gasteiger partial charge is 0.392 e. The first-order chi connectivity index (χ1) is 8.31. The molecule has 0 N–H and O–H groups in total.